The van der Waals surface area contributed by atoms with Crippen molar-refractivity contribution in [3.8, 4) is 5.75 Å². The van der Waals surface area contributed by atoms with Crippen molar-refractivity contribution < 1.29 is 13.5 Å². The third-order valence-corrected chi connectivity index (χ3v) is 3.25. The number of rotatable bonds is 5. The lowest BCUT2D eigenvalue weighted by Gasteiger charge is -2.18. The Labute approximate surface area is 117 Å². The number of likely N-dealkylation sites (N-methyl/N-ethyl adjacent to an activating group) is 1. The Bertz CT molecular complexity index is 586. The van der Waals surface area contributed by atoms with Gasteiger partial charge in [0.2, 0.25) is 0 Å². The van der Waals surface area contributed by atoms with Crippen molar-refractivity contribution in [3.63, 3.8) is 0 Å². The van der Waals surface area contributed by atoms with E-state index in [1.807, 2.05) is 13.1 Å². The van der Waals surface area contributed by atoms with Gasteiger partial charge in [-0.25, -0.2) is 8.78 Å². The van der Waals surface area contributed by atoms with E-state index in [4.69, 9.17) is 4.74 Å². The maximum Gasteiger partial charge on any atom is 0.165 e. The van der Waals surface area contributed by atoms with E-state index in [0.717, 1.165) is 11.1 Å². The van der Waals surface area contributed by atoms with Gasteiger partial charge in [-0.3, -0.25) is 0 Å². The number of hydrogen-bond acceptors (Lipinski definition) is 2. The molecule has 0 amide bonds. The summed E-state index contributed by atoms with van der Waals surface area (Å²) in [5, 5.41) is 3.16. The first-order valence-electron chi connectivity index (χ1n) is 6.39. The van der Waals surface area contributed by atoms with Gasteiger partial charge in [0.05, 0.1) is 7.11 Å². The normalized spacial score (nSPS) is 12.2. The van der Waals surface area contributed by atoms with Crippen molar-refractivity contribution in [1.82, 2.24) is 5.32 Å². The Morgan fingerprint density at radius 3 is 2.60 bits per heavy atom. The second-order valence-electron chi connectivity index (χ2n) is 4.57. The Kier molecular flexibility index (Phi) is 4.69. The van der Waals surface area contributed by atoms with E-state index in [1.165, 1.54) is 25.3 Å². The average molecular weight is 277 g/mol. The lowest BCUT2D eigenvalue weighted by molar-refractivity contribution is 0.385. The zero-order valence-electron chi connectivity index (χ0n) is 11.5. The quantitative estimate of drug-likeness (QED) is 0.903. The Balaban J connectivity index is 2.24. The van der Waals surface area contributed by atoms with Crippen LogP contribution in [-0.4, -0.2) is 14.2 Å². The molecule has 2 nitrogen and oxygen atoms in total. The molecule has 0 aliphatic rings. The van der Waals surface area contributed by atoms with Crippen LogP contribution in [0.3, 0.4) is 0 Å². The molecule has 2 rings (SSSR count). The van der Waals surface area contributed by atoms with Crippen LogP contribution in [0.4, 0.5) is 8.78 Å². The second-order valence-corrected chi connectivity index (χ2v) is 4.57. The van der Waals surface area contributed by atoms with E-state index in [1.54, 1.807) is 18.2 Å². The lowest BCUT2D eigenvalue weighted by atomic mass is 9.98. The molecule has 0 spiro atoms. The molecule has 20 heavy (non-hydrogen) atoms. The van der Waals surface area contributed by atoms with E-state index in [-0.39, 0.29) is 17.6 Å². The van der Waals surface area contributed by atoms with Gasteiger partial charge in [0.15, 0.2) is 11.6 Å². The molecule has 1 unspecified atom stereocenters. The molecule has 2 aromatic carbocycles. The summed E-state index contributed by atoms with van der Waals surface area (Å²) < 4.78 is 31.6. The number of hydrogen-bond donors (Lipinski definition) is 1. The summed E-state index contributed by atoms with van der Waals surface area (Å²) in [6, 6.07) is 11.2. The molecule has 0 radical (unpaired) electrons. The highest BCUT2D eigenvalue weighted by Crippen LogP contribution is 2.25. The summed E-state index contributed by atoms with van der Waals surface area (Å²) in [4.78, 5) is 0. The molecule has 0 aliphatic heterocycles. The highest BCUT2D eigenvalue weighted by atomic mass is 19.1. The number of benzene rings is 2. The minimum atomic E-state index is -0.392. The van der Waals surface area contributed by atoms with Gasteiger partial charge in [0, 0.05) is 6.04 Å². The molecule has 4 heteroatoms. The van der Waals surface area contributed by atoms with E-state index in [9.17, 15) is 8.78 Å². The van der Waals surface area contributed by atoms with Gasteiger partial charge >= 0.3 is 0 Å². The van der Waals surface area contributed by atoms with Crippen molar-refractivity contribution in [2.75, 3.05) is 14.2 Å². The van der Waals surface area contributed by atoms with Crippen LogP contribution in [0.1, 0.15) is 17.2 Å². The molecule has 106 valence electrons. The lowest BCUT2D eigenvalue weighted by Crippen LogP contribution is -2.19. The topological polar surface area (TPSA) is 21.3 Å². The SMILES string of the molecule is CNC(Cc1cccc(F)c1)c1ccc(F)c(OC)c1. The van der Waals surface area contributed by atoms with Crippen molar-refractivity contribution >= 4 is 0 Å². The van der Waals surface area contributed by atoms with Crippen LogP contribution < -0.4 is 10.1 Å². The van der Waals surface area contributed by atoms with Crippen LogP contribution in [0.15, 0.2) is 42.5 Å². The first kappa shape index (κ1) is 14.5. The predicted molar refractivity (Wildman–Crippen MR) is 74.9 cm³/mol. The average Bonchev–Trinajstić information content (AvgIpc) is 2.45. The molecular formula is C16H17F2NO. The smallest absolute Gasteiger partial charge is 0.165 e. The summed E-state index contributed by atoms with van der Waals surface area (Å²) in [6.45, 7) is 0. The number of nitrogens with one attached hydrogen (secondary N) is 1. The van der Waals surface area contributed by atoms with Crippen molar-refractivity contribution in [2.45, 2.75) is 12.5 Å². The maximum atomic E-state index is 13.4. The van der Waals surface area contributed by atoms with Gasteiger partial charge in [-0.05, 0) is 48.9 Å². The van der Waals surface area contributed by atoms with E-state index >= 15 is 0 Å². The number of halogens is 2. The van der Waals surface area contributed by atoms with Crippen LogP contribution in [0.25, 0.3) is 0 Å². The van der Waals surface area contributed by atoms with Crippen LogP contribution in [0.5, 0.6) is 5.75 Å². The molecule has 0 bridgehead atoms. The molecule has 1 N–H and O–H groups in total. The third kappa shape index (κ3) is 3.33. The minimum Gasteiger partial charge on any atom is -0.494 e. The molecule has 0 aliphatic carbocycles. The Morgan fingerprint density at radius 1 is 1.15 bits per heavy atom. The molecule has 0 saturated heterocycles. The third-order valence-electron chi connectivity index (χ3n) is 3.25. The zero-order valence-corrected chi connectivity index (χ0v) is 11.5. The highest BCUT2D eigenvalue weighted by Gasteiger charge is 2.13. The number of methoxy groups -OCH3 is 1. The van der Waals surface area contributed by atoms with Crippen LogP contribution in [-0.2, 0) is 6.42 Å². The van der Waals surface area contributed by atoms with E-state index in [0.29, 0.717) is 6.42 Å². The summed E-state index contributed by atoms with van der Waals surface area (Å²) in [5.41, 5.74) is 1.78. The second kappa shape index (κ2) is 6.48. The maximum absolute atomic E-state index is 13.4. The van der Waals surface area contributed by atoms with Gasteiger partial charge in [-0.15, -0.1) is 0 Å². The molecule has 0 aromatic heterocycles. The molecule has 1 atom stereocenters. The molecular weight excluding hydrogens is 260 g/mol. The molecule has 0 saturated carbocycles. The molecule has 2 aromatic rings. The fraction of sp³-hybridized carbons (Fsp3) is 0.250. The fourth-order valence-corrected chi connectivity index (χ4v) is 2.18. The molecule has 0 heterocycles. The fourth-order valence-electron chi connectivity index (χ4n) is 2.18. The van der Waals surface area contributed by atoms with Crippen molar-refractivity contribution in [1.29, 1.82) is 0 Å². The summed E-state index contributed by atoms with van der Waals surface area (Å²) in [7, 11) is 3.25. The van der Waals surface area contributed by atoms with Crippen molar-refractivity contribution in [3.05, 3.63) is 65.2 Å². The van der Waals surface area contributed by atoms with Gasteiger partial charge in [0.1, 0.15) is 5.82 Å². The summed E-state index contributed by atoms with van der Waals surface area (Å²) in [6.07, 6.45) is 0.614. The highest BCUT2D eigenvalue weighted by molar-refractivity contribution is 5.33. The zero-order chi connectivity index (χ0) is 14.5. The molecule has 0 fully saturated rings. The van der Waals surface area contributed by atoms with Crippen LogP contribution in [0, 0.1) is 11.6 Å². The summed E-state index contributed by atoms with van der Waals surface area (Å²) >= 11 is 0. The van der Waals surface area contributed by atoms with Crippen LogP contribution in [0.2, 0.25) is 0 Å². The predicted octanol–water partition coefficient (Wildman–Crippen LogP) is 3.48. The summed E-state index contributed by atoms with van der Waals surface area (Å²) in [5.74, 6) is -0.437. The van der Waals surface area contributed by atoms with Gasteiger partial charge in [0.25, 0.3) is 0 Å². The standard InChI is InChI=1S/C16H17F2NO/c1-19-15(9-11-4-3-5-13(17)8-11)12-6-7-14(18)16(10-12)20-2/h3-8,10,15,19H,9H2,1-2H3. The van der Waals surface area contributed by atoms with Gasteiger partial charge in [-0.1, -0.05) is 18.2 Å². The first-order valence-corrected chi connectivity index (χ1v) is 6.39. The van der Waals surface area contributed by atoms with Gasteiger partial charge < -0.3 is 10.1 Å². The van der Waals surface area contributed by atoms with E-state index in [2.05, 4.69) is 5.32 Å². The number of ether oxygens (including phenoxy) is 1. The Hall–Kier alpha value is -1.94. The minimum absolute atomic E-state index is 0.0358. The first-order chi connectivity index (χ1) is 9.63. The van der Waals surface area contributed by atoms with Gasteiger partial charge in [-0.2, -0.15) is 0 Å². The van der Waals surface area contributed by atoms with Crippen LogP contribution >= 0.6 is 0 Å². The Morgan fingerprint density at radius 2 is 1.95 bits per heavy atom. The largest absolute Gasteiger partial charge is 0.494 e. The van der Waals surface area contributed by atoms with Crippen molar-refractivity contribution in [2.24, 2.45) is 0 Å². The van der Waals surface area contributed by atoms with E-state index < -0.39 is 5.82 Å². The monoisotopic (exact) mass is 277 g/mol.